The second-order valence-electron chi connectivity index (χ2n) is 11.4. The summed E-state index contributed by atoms with van der Waals surface area (Å²) in [7, 11) is 1.57. The summed E-state index contributed by atoms with van der Waals surface area (Å²) in [6, 6.07) is 24.6. The van der Waals surface area contributed by atoms with E-state index in [1.165, 1.54) is 25.3 Å². The van der Waals surface area contributed by atoms with Crippen LogP contribution in [0, 0.1) is 5.82 Å². The Bertz CT molecular complexity index is 1760. The van der Waals surface area contributed by atoms with Gasteiger partial charge in [-0.15, -0.1) is 0 Å². The molecular formula is C35H37F2N5O4. The van der Waals surface area contributed by atoms with E-state index in [2.05, 4.69) is 15.1 Å². The normalized spacial score (nSPS) is 19.2. The van der Waals surface area contributed by atoms with E-state index in [0.717, 1.165) is 5.56 Å². The molecule has 2 saturated heterocycles. The first-order valence-corrected chi connectivity index (χ1v) is 15.4. The van der Waals surface area contributed by atoms with Crippen molar-refractivity contribution >= 4 is 11.2 Å². The summed E-state index contributed by atoms with van der Waals surface area (Å²) in [5.41, 5.74) is 2.94. The number of imidazole rings is 1. The standard InChI is InChI=1S/C30H29F2N5O3.C5H8O/c1-20(18-39-26(32)21-11-5-3-6-12-21)27-34-25-17-33-30(36-40-19-23-15-9-10-16-24(23)31)37(28(25)35-27)29(38-2)22-13-7-4-8-14-22;1-2-5-3-4(1)6-5/h3-17,20,26,29H,18-19H2,1-2H3,(H,34,35);4-5H,1-3H2. The summed E-state index contributed by atoms with van der Waals surface area (Å²) >= 11 is 0. The quantitative estimate of drug-likeness (QED) is 0.161. The van der Waals surface area contributed by atoms with Crippen LogP contribution in [0.2, 0.25) is 0 Å². The number of hydrogen-bond donors (Lipinski definition) is 1. The molecule has 1 N–H and O–H groups in total. The molecule has 1 saturated carbocycles. The SMILES string of the molecule is C1CC2CC1O2.COC(c1ccccc1)n1c(=NOCc2ccccc2F)ncc2[nH]c(C(C)COC(F)c3ccccc3)nc21. The Morgan fingerprint density at radius 3 is 2.26 bits per heavy atom. The van der Waals surface area contributed by atoms with Gasteiger partial charge in [0.05, 0.1) is 25.0 Å². The van der Waals surface area contributed by atoms with Crippen molar-refractivity contribution in [2.24, 2.45) is 5.16 Å². The van der Waals surface area contributed by atoms with E-state index in [1.54, 1.807) is 60.3 Å². The summed E-state index contributed by atoms with van der Waals surface area (Å²) in [6.07, 6.45) is 4.80. The van der Waals surface area contributed by atoms with Gasteiger partial charge in [0.25, 0.3) is 5.62 Å². The van der Waals surface area contributed by atoms with Gasteiger partial charge in [-0.05, 0) is 30.5 Å². The lowest BCUT2D eigenvalue weighted by Gasteiger charge is -2.23. The maximum atomic E-state index is 14.6. The van der Waals surface area contributed by atoms with E-state index in [0.29, 0.717) is 40.3 Å². The van der Waals surface area contributed by atoms with Crippen LogP contribution in [0.4, 0.5) is 8.78 Å². The van der Waals surface area contributed by atoms with Crippen molar-refractivity contribution in [1.29, 1.82) is 0 Å². The minimum atomic E-state index is -1.55. The zero-order chi connectivity index (χ0) is 31.9. The third-order valence-corrected chi connectivity index (χ3v) is 8.09. The Morgan fingerprint density at radius 1 is 0.978 bits per heavy atom. The maximum absolute atomic E-state index is 14.6. The predicted octanol–water partition coefficient (Wildman–Crippen LogP) is 6.85. The molecule has 11 heteroatoms. The van der Waals surface area contributed by atoms with E-state index in [-0.39, 0.29) is 30.6 Å². The molecule has 46 heavy (non-hydrogen) atoms. The third-order valence-electron chi connectivity index (χ3n) is 8.09. The summed E-state index contributed by atoms with van der Waals surface area (Å²) < 4.78 is 47.0. The number of hydrogen-bond acceptors (Lipinski definition) is 7. The number of ether oxygens (including phenoxy) is 3. The van der Waals surface area contributed by atoms with Crippen LogP contribution < -0.4 is 5.62 Å². The van der Waals surface area contributed by atoms with Crippen LogP contribution >= 0.6 is 0 Å². The second kappa shape index (κ2) is 14.8. The molecular weight excluding hydrogens is 592 g/mol. The topological polar surface area (TPSA) is 95.8 Å². The lowest BCUT2D eigenvalue weighted by Crippen LogP contribution is -2.30. The van der Waals surface area contributed by atoms with E-state index in [4.69, 9.17) is 24.0 Å². The zero-order valence-electron chi connectivity index (χ0n) is 25.8. The molecule has 3 aliphatic rings. The van der Waals surface area contributed by atoms with Crippen LogP contribution in [0.15, 0.2) is 96.3 Å². The molecule has 8 rings (SSSR count). The van der Waals surface area contributed by atoms with Gasteiger partial charge < -0.3 is 24.0 Å². The van der Waals surface area contributed by atoms with Crippen LogP contribution in [0.5, 0.6) is 0 Å². The molecule has 5 unspecified atom stereocenters. The second-order valence-corrected chi connectivity index (χ2v) is 11.4. The molecule has 2 bridgehead atoms. The molecule has 1 aliphatic carbocycles. The molecule has 5 aromatic rings. The zero-order valence-corrected chi connectivity index (χ0v) is 25.8. The number of aromatic amines is 1. The summed E-state index contributed by atoms with van der Waals surface area (Å²) in [5, 5.41) is 4.21. The number of nitrogens with zero attached hydrogens (tertiary/aromatic N) is 4. The van der Waals surface area contributed by atoms with E-state index in [1.807, 2.05) is 43.3 Å². The van der Waals surface area contributed by atoms with Crippen LogP contribution in [-0.4, -0.2) is 45.4 Å². The fourth-order valence-electron chi connectivity index (χ4n) is 5.56. The van der Waals surface area contributed by atoms with Gasteiger partial charge in [0.1, 0.15) is 23.8 Å². The molecule has 5 atom stereocenters. The van der Waals surface area contributed by atoms with Crippen molar-refractivity contribution in [3.05, 3.63) is 125 Å². The van der Waals surface area contributed by atoms with Crippen molar-refractivity contribution in [1.82, 2.24) is 19.5 Å². The van der Waals surface area contributed by atoms with Gasteiger partial charge in [-0.2, -0.15) is 0 Å². The van der Waals surface area contributed by atoms with Crippen molar-refractivity contribution in [3.63, 3.8) is 0 Å². The smallest absolute Gasteiger partial charge is 0.270 e. The minimum absolute atomic E-state index is 0.0820. The van der Waals surface area contributed by atoms with Gasteiger partial charge in [-0.1, -0.05) is 85.8 Å². The van der Waals surface area contributed by atoms with Gasteiger partial charge in [0, 0.05) is 29.7 Å². The van der Waals surface area contributed by atoms with Crippen LogP contribution in [-0.2, 0) is 25.7 Å². The van der Waals surface area contributed by atoms with Gasteiger partial charge in [-0.3, -0.25) is 4.57 Å². The number of rotatable bonds is 11. The number of alkyl halides is 1. The first kappa shape index (κ1) is 31.5. The minimum Gasteiger partial charge on any atom is -0.388 e. The summed E-state index contributed by atoms with van der Waals surface area (Å²) in [5.74, 6) is -0.0691. The molecule has 3 aromatic carbocycles. The lowest BCUT2D eigenvalue weighted by molar-refractivity contribution is -0.0647. The Morgan fingerprint density at radius 2 is 1.63 bits per heavy atom. The number of H-pyrrole nitrogens is 1. The Hall–Kier alpha value is -4.45. The van der Waals surface area contributed by atoms with Crippen molar-refractivity contribution in [2.75, 3.05) is 13.7 Å². The number of methoxy groups -OCH3 is 1. The lowest BCUT2D eigenvalue weighted by atomic mass is 10.2. The molecule has 2 aliphatic heterocycles. The van der Waals surface area contributed by atoms with E-state index in [9.17, 15) is 8.78 Å². The Balaban J connectivity index is 0.000000547. The average molecular weight is 630 g/mol. The fraction of sp³-hybridized carbons (Fsp3) is 0.343. The van der Waals surface area contributed by atoms with E-state index < -0.39 is 12.6 Å². The molecule has 0 amide bonds. The van der Waals surface area contributed by atoms with Crippen molar-refractivity contribution in [2.45, 2.75) is 63.5 Å². The number of aromatic nitrogens is 4. The summed E-state index contributed by atoms with van der Waals surface area (Å²) in [6.45, 7) is 1.90. The first-order valence-electron chi connectivity index (χ1n) is 15.4. The Kier molecular flexibility index (Phi) is 10.1. The molecule has 2 aromatic heterocycles. The number of nitrogens with one attached hydrogen (secondary N) is 1. The Labute approximate surface area is 265 Å². The molecule has 240 valence electrons. The predicted molar refractivity (Wildman–Crippen MR) is 167 cm³/mol. The first-order chi connectivity index (χ1) is 22.5. The van der Waals surface area contributed by atoms with Gasteiger partial charge >= 0.3 is 0 Å². The van der Waals surface area contributed by atoms with E-state index >= 15 is 0 Å². The van der Waals surface area contributed by atoms with Gasteiger partial charge in [0.15, 0.2) is 11.9 Å². The molecule has 0 radical (unpaired) electrons. The van der Waals surface area contributed by atoms with Crippen molar-refractivity contribution in [3.8, 4) is 0 Å². The van der Waals surface area contributed by atoms with Crippen molar-refractivity contribution < 1.29 is 27.8 Å². The maximum Gasteiger partial charge on any atom is 0.270 e. The highest BCUT2D eigenvalue weighted by Gasteiger charge is 2.36. The summed E-state index contributed by atoms with van der Waals surface area (Å²) in [4.78, 5) is 18.1. The highest BCUT2D eigenvalue weighted by atomic mass is 19.1. The average Bonchev–Trinajstić information content (AvgIpc) is 3.85. The molecule has 4 heterocycles. The fourth-order valence-corrected chi connectivity index (χ4v) is 5.56. The molecule has 9 nitrogen and oxygen atoms in total. The highest BCUT2D eigenvalue weighted by molar-refractivity contribution is 5.70. The monoisotopic (exact) mass is 629 g/mol. The molecule has 3 fully saturated rings. The van der Waals surface area contributed by atoms with Gasteiger partial charge in [-0.25, -0.2) is 18.7 Å². The number of fused-ring (bicyclic) bond motifs is 2. The largest absolute Gasteiger partial charge is 0.388 e. The van der Waals surface area contributed by atoms with Crippen LogP contribution in [0.3, 0.4) is 0 Å². The van der Waals surface area contributed by atoms with Gasteiger partial charge in [0.2, 0.25) is 6.36 Å². The molecule has 0 spiro atoms. The highest BCUT2D eigenvalue weighted by Crippen LogP contribution is 2.36. The third kappa shape index (κ3) is 7.33. The van der Waals surface area contributed by atoms with Crippen LogP contribution in [0.25, 0.3) is 11.2 Å². The van der Waals surface area contributed by atoms with Crippen LogP contribution in [0.1, 0.15) is 67.2 Å². The number of benzene rings is 3. The number of halogens is 2.